The minimum Gasteiger partial charge on any atom is -0.461 e. The van der Waals surface area contributed by atoms with Gasteiger partial charge in [-0.05, 0) is 38.0 Å². The molecule has 0 amide bonds. The second kappa shape index (κ2) is 5.72. The quantitative estimate of drug-likeness (QED) is 0.870. The average molecular weight is 298 g/mol. The molecule has 5 heteroatoms. The van der Waals surface area contributed by atoms with Gasteiger partial charge in [0.2, 0.25) is 0 Å². The van der Waals surface area contributed by atoms with Crippen molar-refractivity contribution in [2.45, 2.75) is 44.8 Å². The molecule has 0 bridgehead atoms. The second-order valence-corrected chi connectivity index (χ2v) is 6.37. The Hall–Kier alpha value is -1.88. The molecule has 3 heterocycles. The fourth-order valence-electron chi connectivity index (χ4n) is 3.38. The number of hydrogen-bond donors (Lipinski definition) is 0. The van der Waals surface area contributed by atoms with Gasteiger partial charge < -0.3 is 9.30 Å². The lowest BCUT2D eigenvalue weighted by Gasteiger charge is -2.43. The molecule has 1 unspecified atom stereocenters. The maximum atomic E-state index is 5.86. The second-order valence-electron chi connectivity index (χ2n) is 6.37. The zero-order chi connectivity index (χ0) is 14.9. The first-order chi connectivity index (χ1) is 10.8. The van der Waals surface area contributed by atoms with E-state index in [4.69, 9.17) is 4.74 Å². The van der Waals surface area contributed by atoms with Gasteiger partial charge in [-0.15, -0.1) is 0 Å². The van der Waals surface area contributed by atoms with Crippen LogP contribution in [-0.4, -0.2) is 38.6 Å². The van der Waals surface area contributed by atoms with Crippen LogP contribution in [0.2, 0.25) is 0 Å². The van der Waals surface area contributed by atoms with Gasteiger partial charge in [0.1, 0.15) is 6.61 Å². The van der Waals surface area contributed by atoms with Crippen molar-refractivity contribution >= 4 is 0 Å². The zero-order valence-corrected chi connectivity index (χ0v) is 13.0. The van der Waals surface area contributed by atoms with Crippen LogP contribution in [0.3, 0.4) is 0 Å². The molecule has 4 rings (SSSR count). The van der Waals surface area contributed by atoms with Crippen LogP contribution >= 0.6 is 0 Å². The Labute approximate surface area is 130 Å². The summed E-state index contributed by atoms with van der Waals surface area (Å²) in [5, 5.41) is 0. The normalized spacial score (nSPS) is 22.1. The molecule has 1 aliphatic carbocycles. The van der Waals surface area contributed by atoms with Gasteiger partial charge in [-0.1, -0.05) is 6.42 Å². The lowest BCUT2D eigenvalue weighted by Crippen LogP contribution is -2.47. The highest BCUT2D eigenvalue weighted by atomic mass is 16.5. The van der Waals surface area contributed by atoms with Gasteiger partial charge in [-0.3, -0.25) is 4.90 Å². The molecule has 116 valence electrons. The summed E-state index contributed by atoms with van der Waals surface area (Å²) < 4.78 is 8.21. The number of ether oxygens (including phenoxy) is 1. The van der Waals surface area contributed by atoms with Crippen molar-refractivity contribution in [1.29, 1.82) is 0 Å². The lowest BCUT2D eigenvalue weighted by molar-refractivity contribution is 0.0641. The van der Waals surface area contributed by atoms with E-state index in [0.717, 1.165) is 24.8 Å². The third-order valence-corrected chi connectivity index (χ3v) is 4.84. The molecule has 1 saturated carbocycles. The molecule has 0 radical (unpaired) electrons. The molecule has 0 aromatic carbocycles. The number of rotatable bonds is 4. The Morgan fingerprint density at radius 3 is 3.00 bits per heavy atom. The highest BCUT2D eigenvalue weighted by Crippen LogP contribution is 2.31. The summed E-state index contributed by atoms with van der Waals surface area (Å²) in [5.74, 6) is 0. The third kappa shape index (κ3) is 2.61. The predicted octanol–water partition coefficient (Wildman–Crippen LogP) is 2.57. The Morgan fingerprint density at radius 2 is 2.23 bits per heavy atom. The fourth-order valence-corrected chi connectivity index (χ4v) is 3.38. The smallest absolute Gasteiger partial charge is 0.316 e. The first-order valence-corrected chi connectivity index (χ1v) is 8.12. The zero-order valence-electron chi connectivity index (χ0n) is 13.0. The summed E-state index contributed by atoms with van der Waals surface area (Å²) in [7, 11) is 0. The van der Waals surface area contributed by atoms with E-state index in [9.17, 15) is 0 Å². The third-order valence-electron chi connectivity index (χ3n) is 4.84. The Bertz CT molecular complexity index is 650. The van der Waals surface area contributed by atoms with E-state index < -0.39 is 0 Å². The number of fused-ring (bicyclic) bond motifs is 1. The van der Waals surface area contributed by atoms with E-state index in [1.807, 2.05) is 13.0 Å². The van der Waals surface area contributed by atoms with Crippen molar-refractivity contribution in [2.24, 2.45) is 0 Å². The number of aryl methyl sites for hydroxylation is 1. The van der Waals surface area contributed by atoms with E-state index in [-0.39, 0.29) is 0 Å². The van der Waals surface area contributed by atoms with Crippen molar-refractivity contribution in [1.82, 2.24) is 19.4 Å². The van der Waals surface area contributed by atoms with E-state index in [0.29, 0.717) is 18.7 Å². The van der Waals surface area contributed by atoms with Gasteiger partial charge >= 0.3 is 6.01 Å². The molecule has 1 aliphatic heterocycles. The molecule has 1 atom stereocenters. The first-order valence-electron chi connectivity index (χ1n) is 8.12. The summed E-state index contributed by atoms with van der Waals surface area (Å²) in [6, 6.07) is 7.83. The highest BCUT2D eigenvalue weighted by Gasteiger charge is 2.32. The highest BCUT2D eigenvalue weighted by molar-refractivity contribution is 5.12. The molecule has 2 aliphatic rings. The van der Waals surface area contributed by atoms with E-state index in [1.54, 1.807) is 6.20 Å². The monoisotopic (exact) mass is 298 g/mol. The molecule has 1 fully saturated rings. The molecule has 0 spiro atoms. The molecular weight excluding hydrogens is 276 g/mol. The van der Waals surface area contributed by atoms with Crippen LogP contribution in [-0.2, 0) is 6.54 Å². The van der Waals surface area contributed by atoms with Crippen LogP contribution in [0.25, 0.3) is 0 Å². The molecule has 22 heavy (non-hydrogen) atoms. The maximum absolute atomic E-state index is 5.86. The van der Waals surface area contributed by atoms with Crippen LogP contribution in [0, 0.1) is 6.92 Å². The van der Waals surface area contributed by atoms with Crippen molar-refractivity contribution in [3.63, 3.8) is 0 Å². The minimum atomic E-state index is 0.337. The largest absolute Gasteiger partial charge is 0.461 e. The molecule has 2 aromatic heterocycles. The fraction of sp³-hybridized carbons (Fsp3) is 0.529. The van der Waals surface area contributed by atoms with Crippen LogP contribution in [0.15, 0.2) is 30.6 Å². The Balaban J connectivity index is 1.48. The van der Waals surface area contributed by atoms with Gasteiger partial charge in [0.15, 0.2) is 0 Å². The Kier molecular flexibility index (Phi) is 3.58. The maximum Gasteiger partial charge on any atom is 0.316 e. The number of aromatic nitrogens is 3. The van der Waals surface area contributed by atoms with Gasteiger partial charge in [0, 0.05) is 42.9 Å². The number of hydrogen-bond acceptors (Lipinski definition) is 4. The summed E-state index contributed by atoms with van der Waals surface area (Å²) in [4.78, 5) is 11.1. The van der Waals surface area contributed by atoms with E-state index in [2.05, 4.69) is 37.8 Å². The number of nitrogens with zero attached hydrogens (tertiary/aromatic N) is 4. The topological polar surface area (TPSA) is 43.2 Å². The summed E-state index contributed by atoms with van der Waals surface area (Å²) >= 11 is 0. The van der Waals surface area contributed by atoms with Gasteiger partial charge in [0.25, 0.3) is 0 Å². The van der Waals surface area contributed by atoms with Gasteiger partial charge in [-0.2, -0.15) is 0 Å². The summed E-state index contributed by atoms with van der Waals surface area (Å²) in [5.41, 5.74) is 2.32. The van der Waals surface area contributed by atoms with Crippen LogP contribution in [0.5, 0.6) is 6.01 Å². The molecular formula is C17H22N4O. The van der Waals surface area contributed by atoms with Crippen LogP contribution in [0.1, 0.15) is 36.7 Å². The van der Waals surface area contributed by atoms with Crippen molar-refractivity contribution in [3.8, 4) is 6.01 Å². The first kappa shape index (κ1) is 13.8. The average Bonchev–Trinajstić information content (AvgIpc) is 2.91. The Morgan fingerprint density at radius 1 is 1.32 bits per heavy atom. The van der Waals surface area contributed by atoms with E-state index >= 15 is 0 Å². The van der Waals surface area contributed by atoms with Crippen molar-refractivity contribution < 1.29 is 4.74 Å². The van der Waals surface area contributed by atoms with Gasteiger partial charge in [-0.25, -0.2) is 9.97 Å². The van der Waals surface area contributed by atoms with Gasteiger partial charge in [0.05, 0.1) is 6.04 Å². The van der Waals surface area contributed by atoms with Crippen molar-refractivity contribution in [3.05, 3.63) is 42.0 Å². The van der Waals surface area contributed by atoms with Crippen LogP contribution < -0.4 is 4.74 Å². The minimum absolute atomic E-state index is 0.337. The predicted molar refractivity (Wildman–Crippen MR) is 83.8 cm³/mol. The van der Waals surface area contributed by atoms with Crippen molar-refractivity contribution in [2.75, 3.05) is 13.2 Å². The molecule has 5 nitrogen and oxygen atoms in total. The SMILES string of the molecule is Cc1ccnc(OCC2CN(C3CCC3)Cc3cccn32)n1. The van der Waals surface area contributed by atoms with E-state index in [1.165, 1.54) is 25.0 Å². The molecule has 0 saturated heterocycles. The van der Waals surface area contributed by atoms with Crippen LogP contribution in [0.4, 0.5) is 0 Å². The summed E-state index contributed by atoms with van der Waals surface area (Å²) in [6.45, 7) is 4.69. The molecule has 2 aromatic rings. The standard InChI is InChI=1S/C17H22N4O/c1-13-7-8-18-17(19-13)22-12-16-11-20(14-4-2-5-14)10-15-6-3-9-21(15)16/h3,6-9,14,16H,2,4-5,10-12H2,1H3. The lowest BCUT2D eigenvalue weighted by atomic mass is 9.90. The summed E-state index contributed by atoms with van der Waals surface area (Å²) in [6.07, 6.45) is 7.98. The molecule has 0 N–H and O–H groups in total.